The second-order valence-electron chi connectivity index (χ2n) is 6.99. The largest absolute Gasteiger partial charge is 0.484 e. The molecule has 0 bridgehead atoms. The third kappa shape index (κ3) is 4.21. The number of H-pyrrole nitrogens is 1. The molecule has 2 aromatic rings. The maximum absolute atomic E-state index is 12.8. The molecule has 134 valence electrons. The maximum Gasteiger partial charge on any atom is 0.274 e. The van der Waals surface area contributed by atoms with Crippen LogP contribution in [0.5, 0.6) is 5.75 Å². The summed E-state index contributed by atoms with van der Waals surface area (Å²) in [7, 11) is 1.71. The van der Waals surface area contributed by atoms with Gasteiger partial charge in [0.1, 0.15) is 17.5 Å². The molecule has 0 fully saturated rings. The van der Waals surface area contributed by atoms with Gasteiger partial charge >= 0.3 is 0 Å². The van der Waals surface area contributed by atoms with Crippen LogP contribution in [0.4, 0.5) is 0 Å². The number of amides is 2. The van der Waals surface area contributed by atoms with Crippen molar-refractivity contribution >= 4 is 11.8 Å². The Balaban J connectivity index is 2.37. The minimum Gasteiger partial charge on any atom is -0.484 e. The summed E-state index contributed by atoms with van der Waals surface area (Å²) < 4.78 is 5.96. The lowest BCUT2D eigenvalue weighted by Crippen LogP contribution is -2.42. The third-order valence-corrected chi connectivity index (χ3v) is 4.14. The predicted molar refractivity (Wildman–Crippen MR) is 96.6 cm³/mol. The van der Waals surface area contributed by atoms with Gasteiger partial charge in [-0.3, -0.25) is 9.59 Å². The minimum atomic E-state index is -0.644. The molecule has 6 nitrogen and oxygen atoms in total. The van der Waals surface area contributed by atoms with E-state index in [1.165, 1.54) is 6.07 Å². The number of primary amides is 1. The topological polar surface area (TPSA) is 88.4 Å². The zero-order valence-corrected chi connectivity index (χ0v) is 15.3. The van der Waals surface area contributed by atoms with Gasteiger partial charge in [-0.15, -0.1) is 0 Å². The van der Waals surface area contributed by atoms with Crippen molar-refractivity contribution in [2.24, 2.45) is 5.73 Å². The van der Waals surface area contributed by atoms with Gasteiger partial charge in [0.05, 0.1) is 0 Å². The van der Waals surface area contributed by atoms with E-state index in [1.807, 2.05) is 58.0 Å². The fourth-order valence-corrected chi connectivity index (χ4v) is 2.28. The van der Waals surface area contributed by atoms with Crippen LogP contribution in [0, 0.1) is 0 Å². The van der Waals surface area contributed by atoms with Crippen LogP contribution >= 0.6 is 0 Å². The van der Waals surface area contributed by atoms with E-state index in [2.05, 4.69) is 4.98 Å². The van der Waals surface area contributed by atoms with Crippen molar-refractivity contribution in [3.8, 4) is 5.75 Å². The van der Waals surface area contributed by atoms with Crippen molar-refractivity contribution < 1.29 is 14.3 Å². The van der Waals surface area contributed by atoms with E-state index < -0.39 is 5.91 Å². The Morgan fingerprint density at radius 1 is 1.20 bits per heavy atom. The normalized spacial score (nSPS) is 12.5. The lowest BCUT2D eigenvalue weighted by Gasteiger charge is -2.32. The second-order valence-corrected chi connectivity index (χ2v) is 6.99. The van der Waals surface area contributed by atoms with E-state index >= 15 is 0 Å². The molecule has 1 heterocycles. The molecule has 2 amide bonds. The van der Waals surface area contributed by atoms with E-state index in [-0.39, 0.29) is 28.9 Å². The molecule has 1 aromatic carbocycles. The Hall–Kier alpha value is -2.76. The molecule has 0 saturated heterocycles. The number of benzene rings is 1. The standard InChI is InChI=1S/C19H25N3O3/c1-12(13-9-7-6-8-10-13)25-15-11-14(17(20)23)21-16(15)18(24)22(5)19(2,3)4/h6-12,21H,1-5H3,(H2,20,23)/t12-/m0/s1. The molecule has 0 saturated carbocycles. The fourth-order valence-electron chi connectivity index (χ4n) is 2.28. The summed E-state index contributed by atoms with van der Waals surface area (Å²) in [5, 5.41) is 0. The van der Waals surface area contributed by atoms with E-state index in [4.69, 9.17) is 10.5 Å². The van der Waals surface area contributed by atoms with Crippen molar-refractivity contribution in [2.75, 3.05) is 7.05 Å². The van der Waals surface area contributed by atoms with Gasteiger partial charge in [0.25, 0.3) is 11.8 Å². The summed E-state index contributed by atoms with van der Waals surface area (Å²) in [6, 6.07) is 11.1. The van der Waals surface area contributed by atoms with Gasteiger partial charge in [-0.25, -0.2) is 0 Å². The third-order valence-electron chi connectivity index (χ3n) is 4.14. The molecule has 2 rings (SSSR count). The fraction of sp³-hybridized carbons (Fsp3) is 0.368. The van der Waals surface area contributed by atoms with Gasteiger partial charge in [0, 0.05) is 18.7 Å². The summed E-state index contributed by atoms with van der Waals surface area (Å²) in [6.07, 6.45) is -0.288. The SMILES string of the molecule is C[C@H](Oc1cc(C(N)=O)[nH]c1C(=O)N(C)C(C)(C)C)c1ccccc1. The Bertz CT molecular complexity index is 760. The quantitative estimate of drug-likeness (QED) is 0.874. The Morgan fingerprint density at radius 3 is 2.32 bits per heavy atom. The molecule has 0 aliphatic rings. The highest BCUT2D eigenvalue weighted by molar-refractivity contribution is 5.99. The Morgan fingerprint density at radius 2 is 1.80 bits per heavy atom. The number of hydrogen-bond donors (Lipinski definition) is 2. The van der Waals surface area contributed by atoms with Crippen molar-refractivity contribution in [1.82, 2.24) is 9.88 Å². The van der Waals surface area contributed by atoms with Crippen LogP contribution in [0.2, 0.25) is 0 Å². The molecule has 25 heavy (non-hydrogen) atoms. The monoisotopic (exact) mass is 343 g/mol. The first-order valence-electron chi connectivity index (χ1n) is 8.14. The van der Waals surface area contributed by atoms with Crippen LogP contribution < -0.4 is 10.5 Å². The molecule has 1 aromatic heterocycles. The number of carbonyl (C=O) groups excluding carboxylic acids is 2. The predicted octanol–water partition coefficient (Wildman–Crippen LogP) is 3.12. The molecular weight excluding hydrogens is 318 g/mol. The van der Waals surface area contributed by atoms with Crippen molar-refractivity contribution in [3.05, 3.63) is 53.3 Å². The highest BCUT2D eigenvalue weighted by Crippen LogP contribution is 2.28. The van der Waals surface area contributed by atoms with Gasteiger partial charge < -0.3 is 20.4 Å². The number of nitrogens with two attached hydrogens (primary N) is 1. The van der Waals surface area contributed by atoms with Crippen LogP contribution in [0.1, 0.15) is 60.3 Å². The van der Waals surface area contributed by atoms with Crippen LogP contribution in [0.3, 0.4) is 0 Å². The summed E-state index contributed by atoms with van der Waals surface area (Å²) in [6.45, 7) is 7.66. The van der Waals surface area contributed by atoms with Crippen molar-refractivity contribution in [1.29, 1.82) is 0 Å². The molecule has 6 heteroatoms. The smallest absolute Gasteiger partial charge is 0.274 e. The highest BCUT2D eigenvalue weighted by Gasteiger charge is 2.28. The molecule has 0 aliphatic heterocycles. The lowest BCUT2D eigenvalue weighted by molar-refractivity contribution is 0.0643. The summed E-state index contributed by atoms with van der Waals surface area (Å²) in [4.78, 5) is 28.7. The molecule has 0 radical (unpaired) electrons. The van der Waals surface area contributed by atoms with Gasteiger partial charge in [0.15, 0.2) is 5.75 Å². The maximum atomic E-state index is 12.8. The van der Waals surface area contributed by atoms with Gasteiger partial charge in [-0.05, 0) is 33.3 Å². The zero-order valence-electron chi connectivity index (χ0n) is 15.3. The first-order chi connectivity index (χ1) is 11.6. The first-order valence-corrected chi connectivity index (χ1v) is 8.14. The number of aromatic amines is 1. The number of aromatic nitrogens is 1. The molecule has 3 N–H and O–H groups in total. The molecule has 0 unspecified atom stereocenters. The molecular formula is C19H25N3O3. The number of hydrogen-bond acceptors (Lipinski definition) is 3. The highest BCUT2D eigenvalue weighted by atomic mass is 16.5. The molecule has 0 aliphatic carbocycles. The average Bonchev–Trinajstić information content (AvgIpc) is 2.97. The second kappa shape index (κ2) is 7.01. The number of rotatable bonds is 5. The van der Waals surface area contributed by atoms with Crippen molar-refractivity contribution in [2.45, 2.75) is 39.3 Å². The summed E-state index contributed by atoms with van der Waals surface area (Å²) in [5.41, 5.74) is 6.29. The van der Waals surface area contributed by atoms with E-state index in [0.29, 0.717) is 5.75 Å². The van der Waals surface area contributed by atoms with Gasteiger partial charge in [0.2, 0.25) is 0 Å². The molecule has 1 atom stereocenters. The van der Waals surface area contributed by atoms with Gasteiger partial charge in [-0.1, -0.05) is 30.3 Å². The van der Waals surface area contributed by atoms with Crippen LogP contribution in [-0.2, 0) is 0 Å². The Labute approximate surface area is 148 Å². The first kappa shape index (κ1) is 18.6. The van der Waals surface area contributed by atoms with Gasteiger partial charge in [-0.2, -0.15) is 0 Å². The zero-order chi connectivity index (χ0) is 18.8. The minimum absolute atomic E-state index is 0.140. The average molecular weight is 343 g/mol. The van der Waals surface area contributed by atoms with E-state index in [0.717, 1.165) is 5.56 Å². The Kier molecular flexibility index (Phi) is 5.21. The summed E-state index contributed by atoms with van der Waals surface area (Å²) >= 11 is 0. The van der Waals surface area contributed by atoms with Crippen LogP contribution in [0.25, 0.3) is 0 Å². The van der Waals surface area contributed by atoms with Crippen molar-refractivity contribution in [3.63, 3.8) is 0 Å². The number of ether oxygens (including phenoxy) is 1. The van der Waals surface area contributed by atoms with Crippen LogP contribution in [0.15, 0.2) is 36.4 Å². The van der Waals surface area contributed by atoms with Crippen LogP contribution in [-0.4, -0.2) is 34.3 Å². The number of carbonyl (C=O) groups is 2. The molecule has 0 spiro atoms. The van der Waals surface area contributed by atoms with E-state index in [9.17, 15) is 9.59 Å². The number of nitrogens with one attached hydrogen (secondary N) is 1. The van der Waals surface area contributed by atoms with E-state index in [1.54, 1.807) is 11.9 Å². The number of nitrogens with zero attached hydrogens (tertiary/aromatic N) is 1. The lowest BCUT2D eigenvalue weighted by atomic mass is 10.1. The summed E-state index contributed by atoms with van der Waals surface area (Å²) in [5.74, 6) is -0.601.